The molecule has 132 valence electrons. The fraction of sp³-hybridized carbons (Fsp3) is 0.222. The van der Waals surface area contributed by atoms with E-state index < -0.39 is 10.0 Å². The quantitative estimate of drug-likeness (QED) is 0.774. The third-order valence-electron chi connectivity index (χ3n) is 3.40. The standard InChI is InChI=1S/C18H20N2O4S/c1-12(2)17(21)13-4-8-15(9-5-13)19-18(22)14-6-10-16(11-7-14)20-25(3,23)24/h4-12,20H,1-3H3,(H,19,22). The van der Waals surface area contributed by atoms with Crippen LogP contribution in [-0.4, -0.2) is 26.4 Å². The van der Waals surface area contributed by atoms with Crippen molar-refractivity contribution in [1.29, 1.82) is 0 Å². The summed E-state index contributed by atoms with van der Waals surface area (Å²) in [4.78, 5) is 24.1. The minimum Gasteiger partial charge on any atom is -0.322 e. The number of hydrogen-bond donors (Lipinski definition) is 2. The molecule has 0 heterocycles. The molecule has 0 saturated heterocycles. The summed E-state index contributed by atoms with van der Waals surface area (Å²) in [5.41, 5.74) is 1.95. The number of anilines is 2. The van der Waals surface area contributed by atoms with E-state index in [0.717, 1.165) is 6.26 Å². The van der Waals surface area contributed by atoms with Crippen molar-refractivity contribution in [2.24, 2.45) is 5.92 Å². The van der Waals surface area contributed by atoms with Crippen LogP contribution in [0.15, 0.2) is 48.5 Å². The van der Waals surface area contributed by atoms with Crippen LogP contribution in [0.3, 0.4) is 0 Å². The molecule has 0 atom stereocenters. The van der Waals surface area contributed by atoms with Gasteiger partial charge in [0.15, 0.2) is 5.78 Å². The number of sulfonamides is 1. The number of Topliss-reactive ketones (excluding diaryl/α,β-unsaturated/α-hetero) is 1. The van der Waals surface area contributed by atoms with Gasteiger partial charge >= 0.3 is 0 Å². The Balaban J connectivity index is 2.05. The number of benzene rings is 2. The highest BCUT2D eigenvalue weighted by Crippen LogP contribution is 2.16. The van der Waals surface area contributed by atoms with Gasteiger partial charge in [0, 0.05) is 28.4 Å². The molecule has 2 rings (SSSR count). The summed E-state index contributed by atoms with van der Waals surface area (Å²) in [6, 6.07) is 12.8. The Morgan fingerprint density at radius 1 is 0.840 bits per heavy atom. The van der Waals surface area contributed by atoms with Gasteiger partial charge in [-0.3, -0.25) is 14.3 Å². The van der Waals surface area contributed by atoms with Crippen molar-refractivity contribution >= 4 is 33.1 Å². The number of ketones is 1. The molecular weight excluding hydrogens is 340 g/mol. The maximum absolute atomic E-state index is 12.2. The summed E-state index contributed by atoms with van der Waals surface area (Å²) in [6.45, 7) is 3.67. The molecule has 6 nitrogen and oxygen atoms in total. The summed E-state index contributed by atoms with van der Waals surface area (Å²) < 4.78 is 24.7. The van der Waals surface area contributed by atoms with Crippen LogP contribution in [0.1, 0.15) is 34.6 Å². The van der Waals surface area contributed by atoms with E-state index in [1.807, 2.05) is 13.8 Å². The van der Waals surface area contributed by atoms with Gasteiger partial charge in [0.2, 0.25) is 10.0 Å². The van der Waals surface area contributed by atoms with Crippen molar-refractivity contribution in [2.45, 2.75) is 13.8 Å². The predicted molar refractivity (Wildman–Crippen MR) is 98.5 cm³/mol. The molecule has 7 heteroatoms. The van der Waals surface area contributed by atoms with Crippen LogP contribution in [0.25, 0.3) is 0 Å². The lowest BCUT2D eigenvalue weighted by Gasteiger charge is -2.08. The van der Waals surface area contributed by atoms with Crippen molar-refractivity contribution in [3.05, 3.63) is 59.7 Å². The molecule has 25 heavy (non-hydrogen) atoms. The van der Waals surface area contributed by atoms with Crippen molar-refractivity contribution in [2.75, 3.05) is 16.3 Å². The monoisotopic (exact) mass is 360 g/mol. The summed E-state index contributed by atoms with van der Waals surface area (Å²) in [5.74, 6) is -0.361. The topological polar surface area (TPSA) is 92.3 Å². The SMILES string of the molecule is CC(C)C(=O)c1ccc(NC(=O)c2ccc(NS(C)(=O)=O)cc2)cc1. The van der Waals surface area contributed by atoms with Crippen LogP contribution in [0.2, 0.25) is 0 Å². The van der Waals surface area contributed by atoms with E-state index in [0.29, 0.717) is 22.5 Å². The summed E-state index contributed by atoms with van der Waals surface area (Å²) in [5, 5.41) is 2.73. The molecule has 0 aliphatic rings. The molecule has 2 aromatic carbocycles. The zero-order valence-electron chi connectivity index (χ0n) is 14.2. The van der Waals surface area contributed by atoms with Crippen molar-refractivity contribution < 1.29 is 18.0 Å². The maximum atomic E-state index is 12.2. The zero-order chi connectivity index (χ0) is 18.6. The van der Waals surface area contributed by atoms with Gasteiger partial charge in [-0.25, -0.2) is 8.42 Å². The summed E-state index contributed by atoms with van der Waals surface area (Å²) in [6.07, 6.45) is 1.06. The van der Waals surface area contributed by atoms with Crippen LogP contribution in [0.4, 0.5) is 11.4 Å². The fourth-order valence-electron chi connectivity index (χ4n) is 2.16. The van der Waals surface area contributed by atoms with Crippen LogP contribution < -0.4 is 10.0 Å². The number of carbonyl (C=O) groups excluding carboxylic acids is 2. The molecular formula is C18H20N2O4S. The number of hydrogen-bond acceptors (Lipinski definition) is 4. The van der Waals surface area contributed by atoms with Gasteiger partial charge in [-0.2, -0.15) is 0 Å². The molecule has 0 bridgehead atoms. The first-order valence-electron chi connectivity index (χ1n) is 7.69. The molecule has 0 aliphatic carbocycles. The van der Waals surface area contributed by atoms with Gasteiger partial charge in [0.05, 0.1) is 6.26 Å². The van der Waals surface area contributed by atoms with Crippen LogP contribution in [0.5, 0.6) is 0 Å². The normalized spacial score (nSPS) is 11.2. The van der Waals surface area contributed by atoms with Crippen LogP contribution >= 0.6 is 0 Å². The third-order valence-corrected chi connectivity index (χ3v) is 4.01. The first-order chi connectivity index (χ1) is 11.7. The predicted octanol–water partition coefficient (Wildman–Crippen LogP) is 3.15. The smallest absolute Gasteiger partial charge is 0.255 e. The lowest BCUT2D eigenvalue weighted by Crippen LogP contribution is -2.13. The van der Waals surface area contributed by atoms with Gasteiger partial charge in [0.25, 0.3) is 5.91 Å². The summed E-state index contributed by atoms with van der Waals surface area (Å²) >= 11 is 0. The first-order valence-corrected chi connectivity index (χ1v) is 9.58. The van der Waals surface area contributed by atoms with Crippen LogP contribution in [-0.2, 0) is 10.0 Å². The number of rotatable bonds is 6. The van der Waals surface area contributed by atoms with Crippen molar-refractivity contribution in [3.63, 3.8) is 0 Å². The van der Waals surface area contributed by atoms with Gasteiger partial charge in [-0.15, -0.1) is 0 Å². The number of nitrogens with one attached hydrogen (secondary N) is 2. The lowest BCUT2D eigenvalue weighted by atomic mass is 10.0. The summed E-state index contributed by atoms with van der Waals surface area (Å²) in [7, 11) is -3.35. The van der Waals surface area contributed by atoms with E-state index >= 15 is 0 Å². The fourth-order valence-corrected chi connectivity index (χ4v) is 2.72. The highest BCUT2D eigenvalue weighted by Gasteiger charge is 2.11. The van der Waals surface area contributed by atoms with Gasteiger partial charge < -0.3 is 5.32 Å². The van der Waals surface area contributed by atoms with E-state index in [-0.39, 0.29) is 17.6 Å². The third kappa shape index (κ3) is 5.42. The van der Waals surface area contributed by atoms with Crippen LogP contribution in [0, 0.1) is 5.92 Å². The van der Waals surface area contributed by atoms with E-state index in [1.165, 1.54) is 24.3 Å². The molecule has 2 aromatic rings. The second-order valence-corrected chi connectivity index (χ2v) is 7.75. The van der Waals surface area contributed by atoms with Gasteiger partial charge in [0.1, 0.15) is 0 Å². The van der Waals surface area contributed by atoms with E-state index in [4.69, 9.17) is 0 Å². The van der Waals surface area contributed by atoms with Crippen molar-refractivity contribution in [3.8, 4) is 0 Å². The molecule has 0 spiro atoms. The Morgan fingerprint density at radius 2 is 1.32 bits per heavy atom. The minimum atomic E-state index is -3.35. The molecule has 0 aliphatic heterocycles. The van der Waals surface area contributed by atoms with E-state index in [1.54, 1.807) is 24.3 Å². The Kier molecular flexibility index (Phi) is 5.58. The molecule has 1 amide bonds. The van der Waals surface area contributed by atoms with Gasteiger partial charge in [-0.05, 0) is 48.5 Å². The second-order valence-electron chi connectivity index (χ2n) is 6.00. The molecule has 0 saturated carbocycles. The van der Waals surface area contributed by atoms with Crippen molar-refractivity contribution in [1.82, 2.24) is 0 Å². The minimum absolute atomic E-state index is 0.0480. The zero-order valence-corrected chi connectivity index (χ0v) is 15.1. The highest BCUT2D eigenvalue weighted by atomic mass is 32.2. The molecule has 2 N–H and O–H groups in total. The molecule has 0 fully saturated rings. The Labute approximate surface area is 147 Å². The lowest BCUT2D eigenvalue weighted by molar-refractivity contribution is 0.0939. The molecule has 0 aromatic heterocycles. The number of amides is 1. The number of carbonyl (C=O) groups is 2. The Bertz CT molecular complexity index is 870. The Hall–Kier alpha value is -2.67. The maximum Gasteiger partial charge on any atom is 0.255 e. The van der Waals surface area contributed by atoms with E-state index in [9.17, 15) is 18.0 Å². The Morgan fingerprint density at radius 3 is 1.80 bits per heavy atom. The van der Waals surface area contributed by atoms with E-state index in [2.05, 4.69) is 10.0 Å². The second kappa shape index (κ2) is 7.48. The first kappa shape index (κ1) is 18.7. The highest BCUT2D eigenvalue weighted by molar-refractivity contribution is 7.92. The largest absolute Gasteiger partial charge is 0.322 e. The average Bonchev–Trinajstić information content (AvgIpc) is 2.54. The molecule has 0 radical (unpaired) electrons. The van der Waals surface area contributed by atoms with Gasteiger partial charge in [-0.1, -0.05) is 13.8 Å². The average molecular weight is 360 g/mol. The molecule has 0 unspecified atom stereocenters.